The Labute approximate surface area is 111 Å². The summed E-state index contributed by atoms with van der Waals surface area (Å²) < 4.78 is 5.65. The minimum absolute atomic E-state index is 0.211. The van der Waals surface area contributed by atoms with E-state index in [0.29, 0.717) is 24.4 Å². The minimum atomic E-state index is 0.211. The average molecular weight is 254 g/mol. The molecule has 0 unspecified atom stereocenters. The molecule has 0 saturated carbocycles. The lowest BCUT2D eigenvalue weighted by molar-refractivity contribution is 0.317. The number of aromatic nitrogens is 2. The van der Waals surface area contributed by atoms with E-state index in [1.165, 1.54) is 6.20 Å². The Morgan fingerprint density at radius 1 is 1.37 bits per heavy atom. The number of nitrogens with zero attached hydrogens (tertiary/aromatic N) is 3. The molecule has 0 aliphatic carbocycles. The number of nitrogen functional groups attached to an aromatic ring is 1. The van der Waals surface area contributed by atoms with Crippen molar-refractivity contribution in [2.24, 2.45) is 0 Å². The maximum Gasteiger partial charge on any atom is 0.145 e. The van der Waals surface area contributed by atoms with Gasteiger partial charge in [-0.1, -0.05) is 18.2 Å². The summed E-state index contributed by atoms with van der Waals surface area (Å²) in [7, 11) is 0. The van der Waals surface area contributed by atoms with Crippen molar-refractivity contribution in [3.05, 3.63) is 47.4 Å². The molecule has 2 N–H and O–H groups in total. The highest BCUT2D eigenvalue weighted by atomic mass is 16.5. The Kier molecular flexibility index (Phi) is 3.94. The van der Waals surface area contributed by atoms with E-state index in [1.807, 2.05) is 37.3 Å². The fourth-order valence-electron chi connectivity index (χ4n) is 1.61. The van der Waals surface area contributed by atoms with Crippen LogP contribution in [0, 0.1) is 18.3 Å². The van der Waals surface area contributed by atoms with Gasteiger partial charge >= 0.3 is 0 Å². The van der Waals surface area contributed by atoms with Crippen LogP contribution in [-0.4, -0.2) is 16.6 Å². The van der Waals surface area contributed by atoms with Crippen LogP contribution in [0.4, 0.5) is 5.82 Å². The first-order valence-corrected chi connectivity index (χ1v) is 5.90. The number of ether oxygens (including phenoxy) is 1. The number of aryl methyl sites for hydroxylation is 1. The number of benzene rings is 1. The zero-order valence-electron chi connectivity index (χ0n) is 10.6. The number of rotatable bonds is 4. The van der Waals surface area contributed by atoms with Gasteiger partial charge in [-0.25, -0.2) is 9.97 Å². The lowest BCUT2D eigenvalue weighted by Gasteiger charge is -2.08. The van der Waals surface area contributed by atoms with Crippen LogP contribution in [0.1, 0.15) is 17.0 Å². The van der Waals surface area contributed by atoms with E-state index in [4.69, 9.17) is 15.7 Å². The summed E-state index contributed by atoms with van der Waals surface area (Å²) in [5, 5.41) is 8.73. The zero-order chi connectivity index (χ0) is 13.7. The summed E-state index contributed by atoms with van der Waals surface area (Å²) in [6.07, 6.45) is 1.98. The quantitative estimate of drug-likeness (QED) is 0.900. The number of para-hydroxylation sites is 1. The molecule has 0 fully saturated rings. The average Bonchev–Trinajstić information content (AvgIpc) is 2.41. The Morgan fingerprint density at radius 2 is 2.16 bits per heavy atom. The Bertz CT molecular complexity index is 619. The fourth-order valence-corrected chi connectivity index (χ4v) is 1.61. The monoisotopic (exact) mass is 254 g/mol. The molecule has 2 rings (SSSR count). The van der Waals surface area contributed by atoms with E-state index < -0.39 is 0 Å². The Morgan fingerprint density at radius 3 is 2.84 bits per heavy atom. The summed E-state index contributed by atoms with van der Waals surface area (Å²) in [6, 6.07) is 9.74. The maximum atomic E-state index is 8.73. The van der Waals surface area contributed by atoms with Gasteiger partial charge in [-0.15, -0.1) is 0 Å². The molecular formula is C14H14N4O. The molecule has 0 aliphatic heterocycles. The van der Waals surface area contributed by atoms with Crippen LogP contribution in [0.25, 0.3) is 0 Å². The summed E-state index contributed by atoms with van der Waals surface area (Å²) in [5.74, 6) is 1.64. The van der Waals surface area contributed by atoms with Gasteiger partial charge in [0.25, 0.3) is 0 Å². The minimum Gasteiger partial charge on any atom is -0.493 e. The van der Waals surface area contributed by atoms with Crippen molar-refractivity contribution in [3.8, 4) is 11.8 Å². The Hall–Kier alpha value is -2.61. The number of anilines is 1. The van der Waals surface area contributed by atoms with E-state index in [9.17, 15) is 0 Å². The summed E-state index contributed by atoms with van der Waals surface area (Å²) >= 11 is 0. The summed E-state index contributed by atoms with van der Waals surface area (Å²) in [5.41, 5.74) is 7.01. The van der Waals surface area contributed by atoms with Crippen LogP contribution in [0.5, 0.6) is 5.75 Å². The molecule has 0 radical (unpaired) electrons. The van der Waals surface area contributed by atoms with E-state index in [1.54, 1.807) is 0 Å². The highest BCUT2D eigenvalue weighted by molar-refractivity contribution is 5.46. The highest BCUT2D eigenvalue weighted by Crippen LogP contribution is 2.16. The molecule has 1 aromatic heterocycles. The number of hydrogen-bond acceptors (Lipinski definition) is 5. The molecule has 0 atom stereocenters. The van der Waals surface area contributed by atoms with Crippen molar-refractivity contribution in [3.63, 3.8) is 0 Å². The van der Waals surface area contributed by atoms with Gasteiger partial charge in [-0.3, -0.25) is 0 Å². The molecule has 19 heavy (non-hydrogen) atoms. The van der Waals surface area contributed by atoms with Crippen LogP contribution in [0.3, 0.4) is 0 Å². The smallest absolute Gasteiger partial charge is 0.145 e. The van der Waals surface area contributed by atoms with Gasteiger partial charge in [0.1, 0.15) is 29.0 Å². The van der Waals surface area contributed by atoms with Crippen LogP contribution in [-0.2, 0) is 6.42 Å². The van der Waals surface area contributed by atoms with Crippen molar-refractivity contribution in [1.29, 1.82) is 5.26 Å². The largest absolute Gasteiger partial charge is 0.493 e. The van der Waals surface area contributed by atoms with Crippen molar-refractivity contribution in [2.45, 2.75) is 13.3 Å². The highest BCUT2D eigenvalue weighted by Gasteiger charge is 2.04. The first-order valence-electron chi connectivity index (χ1n) is 5.90. The van der Waals surface area contributed by atoms with Crippen molar-refractivity contribution >= 4 is 5.82 Å². The molecule has 1 heterocycles. The lowest BCUT2D eigenvalue weighted by Crippen LogP contribution is -2.08. The van der Waals surface area contributed by atoms with Gasteiger partial charge in [0, 0.05) is 6.42 Å². The third-order valence-electron chi connectivity index (χ3n) is 2.67. The van der Waals surface area contributed by atoms with Crippen LogP contribution < -0.4 is 10.5 Å². The van der Waals surface area contributed by atoms with Gasteiger partial charge in [-0.2, -0.15) is 5.26 Å². The molecule has 1 aromatic carbocycles. The second-order valence-corrected chi connectivity index (χ2v) is 4.06. The molecule has 5 nitrogen and oxygen atoms in total. The SMILES string of the molecule is Cc1ccccc1OCCc1ncc(C#N)c(N)n1. The van der Waals surface area contributed by atoms with Gasteiger partial charge in [0.15, 0.2) is 0 Å². The van der Waals surface area contributed by atoms with Crippen LogP contribution in [0.2, 0.25) is 0 Å². The first kappa shape index (κ1) is 12.8. The normalized spacial score (nSPS) is 9.89. The lowest BCUT2D eigenvalue weighted by atomic mass is 10.2. The predicted molar refractivity (Wildman–Crippen MR) is 71.5 cm³/mol. The second kappa shape index (κ2) is 5.83. The standard InChI is InChI=1S/C14H14N4O/c1-10-4-2-3-5-12(10)19-7-6-13-17-9-11(8-15)14(16)18-13/h2-5,9H,6-7H2,1H3,(H2,16,17,18). The van der Waals surface area contributed by atoms with E-state index in [0.717, 1.165) is 11.3 Å². The van der Waals surface area contributed by atoms with Crippen molar-refractivity contribution in [2.75, 3.05) is 12.3 Å². The first-order chi connectivity index (χ1) is 9.20. The summed E-state index contributed by atoms with van der Waals surface area (Å²) in [4.78, 5) is 8.13. The third kappa shape index (κ3) is 3.19. The maximum absolute atomic E-state index is 8.73. The summed E-state index contributed by atoms with van der Waals surface area (Å²) in [6.45, 7) is 2.46. The fraction of sp³-hybridized carbons (Fsp3) is 0.214. The topological polar surface area (TPSA) is 84.8 Å². The number of nitriles is 1. The second-order valence-electron chi connectivity index (χ2n) is 4.06. The van der Waals surface area contributed by atoms with E-state index in [2.05, 4.69) is 9.97 Å². The van der Waals surface area contributed by atoms with Crippen LogP contribution in [0.15, 0.2) is 30.5 Å². The molecule has 5 heteroatoms. The third-order valence-corrected chi connectivity index (χ3v) is 2.67. The molecule has 2 aromatic rings. The van der Waals surface area contributed by atoms with Crippen LogP contribution >= 0.6 is 0 Å². The molecular weight excluding hydrogens is 240 g/mol. The molecule has 0 spiro atoms. The number of nitrogens with two attached hydrogens (primary N) is 1. The van der Waals surface area contributed by atoms with Crippen molar-refractivity contribution < 1.29 is 4.74 Å². The molecule has 0 aliphatic rings. The van der Waals surface area contributed by atoms with Gasteiger partial charge < -0.3 is 10.5 Å². The zero-order valence-corrected chi connectivity index (χ0v) is 10.6. The molecule has 0 saturated heterocycles. The van der Waals surface area contributed by atoms with E-state index in [-0.39, 0.29) is 5.82 Å². The number of hydrogen-bond donors (Lipinski definition) is 1. The van der Waals surface area contributed by atoms with Crippen molar-refractivity contribution in [1.82, 2.24) is 9.97 Å². The van der Waals surface area contributed by atoms with Gasteiger partial charge in [-0.05, 0) is 18.6 Å². The molecule has 96 valence electrons. The Balaban J connectivity index is 1.95. The van der Waals surface area contributed by atoms with E-state index >= 15 is 0 Å². The molecule has 0 amide bonds. The van der Waals surface area contributed by atoms with Gasteiger partial charge in [0.2, 0.25) is 0 Å². The molecule has 0 bridgehead atoms. The predicted octanol–water partition coefficient (Wildman–Crippen LogP) is 1.86. The van der Waals surface area contributed by atoms with Gasteiger partial charge in [0.05, 0.1) is 12.8 Å².